The zero-order valence-corrected chi connectivity index (χ0v) is 19.0. The predicted octanol–water partition coefficient (Wildman–Crippen LogP) is 6.38. The van der Waals surface area contributed by atoms with Gasteiger partial charge in [0.2, 0.25) is 5.78 Å². The molecule has 4 rings (SSSR count). The van der Waals surface area contributed by atoms with Crippen molar-refractivity contribution in [1.29, 1.82) is 0 Å². The summed E-state index contributed by atoms with van der Waals surface area (Å²) in [5.41, 5.74) is 2.42. The molecule has 4 aromatic rings. The molecule has 6 heteroatoms. The smallest absolute Gasteiger partial charge is 0.330 e. The van der Waals surface area contributed by atoms with E-state index in [0.717, 1.165) is 27.6 Å². The van der Waals surface area contributed by atoms with Crippen LogP contribution in [-0.4, -0.2) is 24.0 Å². The number of aryl methyl sites for hydroxylation is 1. The molecule has 0 saturated carbocycles. The number of esters is 1. The molecule has 0 aliphatic rings. The van der Waals surface area contributed by atoms with Gasteiger partial charge in [-0.1, -0.05) is 43.3 Å². The fourth-order valence-corrected chi connectivity index (χ4v) is 4.60. The number of ether oxygens (including phenoxy) is 2. The molecule has 0 fully saturated rings. The zero-order chi connectivity index (χ0) is 23.4. The standard InChI is InChI=1S/C27H22O5S/c1-3-18-6-4-5-7-21(18)25(30)27-26(22-14-11-19(28)16-23(22)33-27)32-20-12-8-17(9-13-20)10-15-24(29)31-2/h4-16,28H,3H2,1-2H3/b15-10+. The Hall–Kier alpha value is -3.90. The first-order valence-electron chi connectivity index (χ1n) is 10.4. The number of methoxy groups -OCH3 is 1. The average Bonchev–Trinajstić information content (AvgIpc) is 3.19. The molecule has 0 aliphatic carbocycles. The molecule has 0 atom stereocenters. The molecule has 1 heterocycles. The molecular formula is C27H22O5S. The molecular weight excluding hydrogens is 436 g/mol. The predicted molar refractivity (Wildman–Crippen MR) is 130 cm³/mol. The molecule has 0 unspecified atom stereocenters. The minimum absolute atomic E-state index is 0.110. The van der Waals surface area contributed by atoms with Crippen LogP contribution in [0, 0.1) is 0 Å². The maximum Gasteiger partial charge on any atom is 0.330 e. The average molecular weight is 459 g/mol. The van der Waals surface area contributed by atoms with E-state index in [1.807, 2.05) is 43.3 Å². The van der Waals surface area contributed by atoms with Crippen LogP contribution >= 0.6 is 11.3 Å². The Morgan fingerprint density at radius 2 is 1.79 bits per heavy atom. The summed E-state index contributed by atoms with van der Waals surface area (Å²) in [6.45, 7) is 2.02. The third kappa shape index (κ3) is 4.81. The topological polar surface area (TPSA) is 72.8 Å². The largest absolute Gasteiger partial charge is 0.508 e. The van der Waals surface area contributed by atoms with Gasteiger partial charge in [-0.25, -0.2) is 4.79 Å². The van der Waals surface area contributed by atoms with Gasteiger partial charge in [0.15, 0.2) is 5.75 Å². The summed E-state index contributed by atoms with van der Waals surface area (Å²) in [6, 6.07) is 19.7. The molecule has 0 spiro atoms. The summed E-state index contributed by atoms with van der Waals surface area (Å²) in [4.78, 5) is 25.3. The van der Waals surface area contributed by atoms with E-state index in [1.165, 1.54) is 24.5 Å². The summed E-state index contributed by atoms with van der Waals surface area (Å²) in [6.07, 6.45) is 3.73. The van der Waals surface area contributed by atoms with E-state index in [1.54, 1.807) is 36.4 Å². The number of hydrogen-bond donors (Lipinski definition) is 1. The maximum absolute atomic E-state index is 13.5. The Morgan fingerprint density at radius 1 is 1.03 bits per heavy atom. The lowest BCUT2D eigenvalue weighted by atomic mass is 10.0. The van der Waals surface area contributed by atoms with Crippen LogP contribution in [-0.2, 0) is 16.0 Å². The number of phenolic OH excluding ortho intramolecular Hbond substituents is 1. The number of rotatable bonds is 7. The van der Waals surface area contributed by atoms with Gasteiger partial charge in [0, 0.05) is 21.7 Å². The molecule has 0 amide bonds. The number of carbonyl (C=O) groups is 2. The van der Waals surface area contributed by atoms with E-state index in [0.29, 0.717) is 21.9 Å². The van der Waals surface area contributed by atoms with E-state index in [-0.39, 0.29) is 11.5 Å². The van der Waals surface area contributed by atoms with Crippen molar-refractivity contribution in [3.63, 3.8) is 0 Å². The van der Waals surface area contributed by atoms with Crippen LogP contribution < -0.4 is 4.74 Å². The van der Waals surface area contributed by atoms with E-state index in [9.17, 15) is 14.7 Å². The third-order valence-electron chi connectivity index (χ3n) is 5.19. The summed E-state index contributed by atoms with van der Waals surface area (Å²) in [5, 5.41) is 10.7. The minimum atomic E-state index is -0.432. The van der Waals surface area contributed by atoms with Crippen molar-refractivity contribution in [3.05, 3.63) is 94.4 Å². The lowest BCUT2D eigenvalue weighted by Gasteiger charge is -2.10. The van der Waals surface area contributed by atoms with Gasteiger partial charge in [0.1, 0.15) is 16.4 Å². The fraction of sp³-hybridized carbons (Fsp3) is 0.111. The lowest BCUT2D eigenvalue weighted by molar-refractivity contribution is -0.134. The van der Waals surface area contributed by atoms with Crippen molar-refractivity contribution in [3.8, 4) is 17.2 Å². The highest BCUT2D eigenvalue weighted by atomic mass is 32.1. The number of phenols is 1. The zero-order valence-electron chi connectivity index (χ0n) is 18.2. The molecule has 3 aromatic carbocycles. The number of thiophene rings is 1. The molecule has 5 nitrogen and oxygen atoms in total. The summed E-state index contributed by atoms with van der Waals surface area (Å²) in [5.74, 6) is 0.601. The normalized spacial score (nSPS) is 11.1. The van der Waals surface area contributed by atoms with Crippen molar-refractivity contribution in [1.82, 2.24) is 0 Å². The SMILES string of the molecule is CCc1ccccc1C(=O)c1sc2cc(O)ccc2c1Oc1ccc(/C=C/C(=O)OC)cc1. The molecule has 0 bridgehead atoms. The molecule has 0 radical (unpaired) electrons. The summed E-state index contributed by atoms with van der Waals surface area (Å²) in [7, 11) is 1.33. The first-order chi connectivity index (χ1) is 16.0. The van der Waals surface area contributed by atoms with Gasteiger partial charge < -0.3 is 14.6 Å². The van der Waals surface area contributed by atoms with E-state index in [2.05, 4.69) is 4.74 Å². The van der Waals surface area contributed by atoms with E-state index in [4.69, 9.17) is 4.74 Å². The highest BCUT2D eigenvalue weighted by molar-refractivity contribution is 7.21. The van der Waals surface area contributed by atoms with Crippen molar-refractivity contribution < 1.29 is 24.2 Å². The van der Waals surface area contributed by atoms with Gasteiger partial charge in [0.05, 0.1) is 7.11 Å². The van der Waals surface area contributed by atoms with Crippen LogP contribution in [0.25, 0.3) is 16.2 Å². The second-order valence-electron chi connectivity index (χ2n) is 7.31. The van der Waals surface area contributed by atoms with Crippen LogP contribution in [0.15, 0.2) is 72.8 Å². The van der Waals surface area contributed by atoms with Crippen LogP contribution in [0.4, 0.5) is 0 Å². The third-order valence-corrected chi connectivity index (χ3v) is 6.32. The number of fused-ring (bicyclic) bond motifs is 1. The summed E-state index contributed by atoms with van der Waals surface area (Å²) >= 11 is 1.30. The first kappa shape index (κ1) is 22.3. The fourth-order valence-electron chi connectivity index (χ4n) is 3.48. The van der Waals surface area contributed by atoms with Crippen molar-refractivity contribution in [2.45, 2.75) is 13.3 Å². The highest BCUT2D eigenvalue weighted by Crippen LogP contribution is 2.43. The Morgan fingerprint density at radius 3 is 2.52 bits per heavy atom. The molecule has 0 saturated heterocycles. The lowest BCUT2D eigenvalue weighted by Crippen LogP contribution is -2.04. The molecule has 1 N–H and O–H groups in total. The van der Waals surface area contributed by atoms with Crippen LogP contribution in [0.5, 0.6) is 17.2 Å². The van der Waals surface area contributed by atoms with Crippen LogP contribution in [0.3, 0.4) is 0 Å². The first-order valence-corrected chi connectivity index (χ1v) is 11.2. The number of benzene rings is 3. The van der Waals surface area contributed by atoms with Gasteiger partial charge in [0.25, 0.3) is 0 Å². The number of carbonyl (C=O) groups excluding carboxylic acids is 2. The molecule has 1 aromatic heterocycles. The van der Waals surface area contributed by atoms with Gasteiger partial charge in [-0.3, -0.25) is 4.79 Å². The minimum Gasteiger partial charge on any atom is -0.508 e. The maximum atomic E-state index is 13.5. The van der Waals surface area contributed by atoms with Crippen LogP contribution in [0.1, 0.15) is 33.3 Å². The molecule has 166 valence electrons. The molecule has 0 aliphatic heterocycles. The molecule has 33 heavy (non-hydrogen) atoms. The van der Waals surface area contributed by atoms with Crippen molar-refractivity contribution in [2.24, 2.45) is 0 Å². The Labute approximate surface area is 195 Å². The highest BCUT2D eigenvalue weighted by Gasteiger charge is 2.23. The number of aromatic hydroxyl groups is 1. The summed E-state index contributed by atoms with van der Waals surface area (Å²) < 4.78 is 11.6. The Bertz CT molecular complexity index is 1350. The van der Waals surface area contributed by atoms with Crippen molar-refractivity contribution in [2.75, 3.05) is 7.11 Å². The van der Waals surface area contributed by atoms with Gasteiger partial charge >= 0.3 is 5.97 Å². The number of hydrogen-bond acceptors (Lipinski definition) is 6. The van der Waals surface area contributed by atoms with Gasteiger partial charge in [-0.2, -0.15) is 0 Å². The van der Waals surface area contributed by atoms with Crippen molar-refractivity contribution >= 4 is 39.3 Å². The monoisotopic (exact) mass is 458 g/mol. The van der Waals surface area contributed by atoms with E-state index >= 15 is 0 Å². The van der Waals surface area contributed by atoms with Gasteiger partial charge in [-0.05, 0) is 54.0 Å². The second kappa shape index (κ2) is 9.71. The quantitative estimate of drug-likeness (QED) is 0.198. The Kier molecular flexibility index (Phi) is 6.56. The Balaban J connectivity index is 1.73. The van der Waals surface area contributed by atoms with Gasteiger partial charge in [-0.15, -0.1) is 11.3 Å². The van der Waals surface area contributed by atoms with Crippen LogP contribution in [0.2, 0.25) is 0 Å². The second-order valence-corrected chi connectivity index (χ2v) is 8.36. The number of ketones is 1. The van der Waals surface area contributed by atoms with E-state index < -0.39 is 5.97 Å².